The molecule has 0 bridgehead atoms. The predicted octanol–water partition coefficient (Wildman–Crippen LogP) is 2.81. The van der Waals surface area contributed by atoms with Crippen LogP contribution in [0.15, 0.2) is 29.4 Å². The Balaban J connectivity index is 2.54. The van der Waals surface area contributed by atoms with Crippen molar-refractivity contribution in [2.24, 2.45) is 10.8 Å². The first-order chi connectivity index (χ1) is 8.27. The monoisotopic (exact) mass is 232 g/mol. The molecule has 17 heavy (non-hydrogen) atoms. The molecule has 0 heterocycles. The third kappa shape index (κ3) is 4.68. The molecule has 0 aliphatic carbocycles. The third-order valence-electron chi connectivity index (χ3n) is 2.45. The maximum atomic E-state index is 11.7. The number of hydrogen-bond acceptors (Lipinski definition) is 3. The minimum absolute atomic E-state index is 0.133. The van der Waals surface area contributed by atoms with Crippen molar-refractivity contribution >= 4 is 5.78 Å². The number of Topliss-reactive ketones (excluding diaryl/α,β-unsaturated/α-hetero) is 1. The quantitative estimate of drug-likeness (QED) is 0.257. The summed E-state index contributed by atoms with van der Waals surface area (Å²) in [4.78, 5) is 14.4. The molecule has 0 atom stereocenters. The van der Waals surface area contributed by atoms with E-state index >= 15 is 0 Å². The Morgan fingerprint density at radius 3 is 2.59 bits per heavy atom. The molecule has 0 spiro atoms. The first-order valence-electron chi connectivity index (χ1n) is 5.61. The van der Waals surface area contributed by atoms with Crippen molar-refractivity contribution in [2.45, 2.75) is 25.8 Å². The van der Waals surface area contributed by atoms with E-state index in [0.29, 0.717) is 25.1 Å². The number of azide groups is 1. The smallest absolute Gasteiger partial charge is 0.162 e. The highest BCUT2D eigenvalue weighted by atomic mass is 16.1. The fourth-order valence-electron chi connectivity index (χ4n) is 1.48. The Kier molecular flexibility index (Phi) is 5.79. The van der Waals surface area contributed by atoms with Crippen LogP contribution < -0.4 is 5.73 Å². The minimum atomic E-state index is 0.133. The van der Waals surface area contributed by atoms with E-state index in [4.69, 9.17) is 11.3 Å². The third-order valence-corrected chi connectivity index (χ3v) is 2.45. The molecule has 1 rings (SSSR count). The highest BCUT2D eigenvalue weighted by molar-refractivity contribution is 5.96. The number of unbranched alkanes of at least 4 members (excludes halogenated alkanes) is 1. The number of ketones is 1. The number of hydrogen-bond donors (Lipinski definition) is 1. The van der Waals surface area contributed by atoms with E-state index < -0.39 is 0 Å². The van der Waals surface area contributed by atoms with Gasteiger partial charge in [0.1, 0.15) is 0 Å². The highest BCUT2D eigenvalue weighted by Crippen LogP contribution is 2.09. The molecule has 1 aromatic carbocycles. The van der Waals surface area contributed by atoms with Gasteiger partial charge in [0, 0.05) is 16.9 Å². The molecule has 0 unspecified atom stereocenters. The van der Waals surface area contributed by atoms with Crippen LogP contribution in [0.5, 0.6) is 0 Å². The lowest BCUT2D eigenvalue weighted by atomic mass is 10.0. The molecule has 0 amide bonds. The average Bonchev–Trinajstić information content (AvgIpc) is 2.37. The molecular weight excluding hydrogens is 216 g/mol. The van der Waals surface area contributed by atoms with Crippen LogP contribution >= 0.6 is 0 Å². The highest BCUT2D eigenvalue weighted by Gasteiger charge is 2.04. The van der Waals surface area contributed by atoms with Crippen molar-refractivity contribution < 1.29 is 4.79 Å². The Hall–Kier alpha value is -1.84. The number of nitrogens with zero attached hydrogens (tertiary/aromatic N) is 3. The zero-order chi connectivity index (χ0) is 12.5. The van der Waals surface area contributed by atoms with Gasteiger partial charge >= 0.3 is 0 Å². The maximum Gasteiger partial charge on any atom is 0.162 e. The van der Waals surface area contributed by atoms with Crippen LogP contribution in [0.4, 0.5) is 0 Å². The van der Waals surface area contributed by atoms with Crippen molar-refractivity contribution in [1.82, 2.24) is 0 Å². The van der Waals surface area contributed by atoms with E-state index in [2.05, 4.69) is 10.0 Å². The molecule has 1 aromatic rings. The van der Waals surface area contributed by atoms with Crippen molar-refractivity contribution in [1.29, 1.82) is 0 Å². The number of nitrogens with two attached hydrogens (primary N) is 1. The molecule has 5 heteroatoms. The number of carbonyl (C=O) groups is 1. The van der Waals surface area contributed by atoms with Gasteiger partial charge in [-0.1, -0.05) is 29.4 Å². The molecule has 90 valence electrons. The van der Waals surface area contributed by atoms with Crippen LogP contribution in [-0.4, -0.2) is 12.3 Å². The molecule has 0 saturated carbocycles. The van der Waals surface area contributed by atoms with Crippen molar-refractivity contribution in [3.05, 3.63) is 45.8 Å². The largest absolute Gasteiger partial charge is 0.330 e. The average molecular weight is 232 g/mol. The fraction of sp³-hybridized carbons (Fsp3) is 0.417. The minimum Gasteiger partial charge on any atom is -0.330 e. The van der Waals surface area contributed by atoms with Crippen LogP contribution in [0.2, 0.25) is 0 Å². The first kappa shape index (κ1) is 13.2. The second kappa shape index (κ2) is 7.44. The molecule has 5 nitrogen and oxygen atoms in total. The molecule has 0 saturated heterocycles. The van der Waals surface area contributed by atoms with Crippen LogP contribution in [0.3, 0.4) is 0 Å². The first-order valence-corrected chi connectivity index (χ1v) is 5.61. The van der Waals surface area contributed by atoms with E-state index in [1.54, 1.807) is 12.1 Å². The maximum absolute atomic E-state index is 11.7. The molecule has 0 aromatic heterocycles. The van der Waals surface area contributed by atoms with E-state index in [1.165, 1.54) is 0 Å². The van der Waals surface area contributed by atoms with E-state index in [-0.39, 0.29) is 5.78 Å². The predicted molar refractivity (Wildman–Crippen MR) is 66.5 cm³/mol. The van der Waals surface area contributed by atoms with Crippen molar-refractivity contribution in [2.75, 3.05) is 6.54 Å². The molecule has 0 aliphatic rings. The van der Waals surface area contributed by atoms with Crippen molar-refractivity contribution in [3.8, 4) is 0 Å². The van der Waals surface area contributed by atoms with Gasteiger partial charge in [-0.25, -0.2) is 0 Å². The number of benzene rings is 1. The molecular formula is C12H16N4O. The lowest BCUT2D eigenvalue weighted by molar-refractivity contribution is 0.0979. The van der Waals surface area contributed by atoms with Crippen LogP contribution in [0.1, 0.15) is 35.2 Å². The number of rotatable bonds is 7. The topological polar surface area (TPSA) is 91.9 Å². The van der Waals surface area contributed by atoms with E-state index in [1.807, 2.05) is 12.1 Å². The second-order valence-electron chi connectivity index (χ2n) is 3.75. The summed E-state index contributed by atoms with van der Waals surface area (Å²) in [6, 6.07) is 7.16. The fourth-order valence-corrected chi connectivity index (χ4v) is 1.48. The Morgan fingerprint density at radius 2 is 2.00 bits per heavy atom. The summed E-state index contributed by atoms with van der Waals surface area (Å²) in [5, 5.41) is 3.46. The summed E-state index contributed by atoms with van der Waals surface area (Å²) in [5.41, 5.74) is 15.2. The summed E-state index contributed by atoms with van der Waals surface area (Å²) < 4.78 is 0. The normalized spacial score (nSPS) is 9.71. The SMILES string of the molecule is [N-]=[N+]=NCc1ccc(C(=O)CCCCN)cc1. The molecule has 0 fully saturated rings. The van der Waals surface area contributed by atoms with Gasteiger partial charge in [0.25, 0.3) is 0 Å². The second-order valence-corrected chi connectivity index (χ2v) is 3.75. The molecule has 2 N–H and O–H groups in total. The van der Waals surface area contributed by atoms with Gasteiger partial charge in [-0.05, 0) is 30.5 Å². The Morgan fingerprint density at radius 1 is 1.29 bits per heavy atom. The van der Waals surface area contributed by atoms with E-state index in [9.17, 15) is 4.79 Å². The van der Waals surface area contributed by atoms with Crippen LogP contribution in [0, 0.1) is 0 Å². The molecule has 0 radical (unpaired) electrons. The lowest BCUT2D eigenvalue weighted by Gasteiger charge is -2.01. The van der Waals surface area contributed by atoms with Gasteiger partial charge in [-0.3, -0.25) is 4.79 Å². The van der Waals surface area contributed by atoms with Gasteiger partial charge in [0.15, 0.2) is 5.78 Å². The van der Waals surface area contributed by atoms with Gasteiger partial charge in [-0.2, -0.15) is 0 Å². The summed E-state index contributed by atoms with van der Waals surface area (Å²) in [5.74, 6) is 0.133. The lowest BCUT2D eigenvalue weighted by Crippen LogP contribution is -2.02. The Labute approximate surface area is 100 Å². The Bertz CT molecular complexity index is 407. The van der Waals surface area contributed by atoms with Crippen molar-refractivity contribution in [3.63, 3.8) is 0 Å². The molecule has 0 aliphatic heterocycles. The van der Waals surface area contributed by atoms with Crippen LogP contribution in [-0.2, 0) is 6.54 Å². The van der Waals surface area contributed by atoms with Gasteiger partial charge in [0.05, 0.1) is 6.54 Å². The van der Waals surface area contributed by atoms with Crippen LogP contribution in [0.25, 0.3) is 10.4 Å². The standard InChI is InChI=1S/C12H16N4O/c13-8-2-1-3-12(17)11-6-4-10(5-7-11)9-15-16-14/h4-7H,1-3,8-9,13H2. The van der Waals surface area contributed by atoms with Gasteiger partial charge in [0.2, 0.25) is 0 Å². The van der Waals surface area contributed by atoms with E-state index in [0.717, 1.165) is 18.4 Å². The summed E-state index contributed by atoms with van der Waals surface area (Å²) in [6.45, 7) is 0.941. The zero-order valence-corrected chi connectivity index (χ0v) is 9.67. The summed E-state index contributed by atoms with van der Waals surface area (Å²) >= 11 is 0. The number of carbonyl (C=O) groups excluding carboxylic acids is 1. The zero-order valence-electron chi connectivity index (χ0n) is 9.67. The van der Waals surface area contributed by atoms with Gasteiger partial charge < -0.3 is 5.73 Å². The van der Waals surface area contributed by atoms with Gasteiger partial charge in [-0.15, -0.1) is 0 Å². The summed E-state index contributed by atoms with van der Waals surface area (Å²) in [6.07, 6.45) is 2.24. The summed E-state index contributed by atoms with van der Waals surface area (Å²) in [7, 11) is 0.